The van der Waals surface area contributed by atoms with E-state index >= 15 is 0 Å². The molecule has 2 saturated heterocycles. The summed E-state index contributed by atoms with van der Waals surface area (Å²) in [5.41, 5.74) is 1.52. The van der Waals surface area contributed by atoms with Crippen LogP contribution in [0.1, 0.15) is 33.9 Å². The van der Waals surface area contributed by atoms with Crippen molar-refractivity contribution in [2.45, 2.75) is 32.7 Å². The number of piperidine rings is 1. The number of aromatic nitrogens is 3. The van der Waals surface area contributed by atoms with Crippen LogP contribution in [0.4, 0.5) is 22.5 Å². The minimum absolute atomic E-state index is 0.247. The van der Waals surface area contributed by atoms with Gasteiger partial charge in [-0.15, -0.1) is 0 Å². The minimum Gasteiger partial charge on any atom is -0.354 e. The van der Waals surface area contributed by atoms with Crippen LogP contribution in [0.2, 0.25) is 5.02 Å². The lowest BCUT2D eigenvalue weighted by Gasteiger charge is -2.41. The molecule has 0 radical (unpaired) electrons. The predicted octanol–water partition coefficient (Wildman–Crippen LogP) is 4.07. The summed E-state index contributed by atoms with van der Waals surface area (Å²) in [6.07, 6.45) is 4.02. The van der Waals surface area contributed by atoms with Crippen LogP contribution in [0.15, 0.2) is 30.5 Å². The minimum atomic E-state index is -0.247. The van der Waals surface area contributed by atoms with Crippen LogP contribution < -0.4 is 20.9 Å². The van der Waals surface area contributed by atoms with E-state index in [-0.39, 0.29) is 5.91 Å². The molecule has 36 heavy (non-hydrogen) atoms. The Bertz CT molecular complexity index is 1200. The summed E-state index contributed by atoms with van der Waals surface area (Å²) in [4.78, 5) is 31.8. The number of hydrogen-bond acceptors (Lipinski definition) is 9. The number of carbonyl (C=O) groups is 1. The summed E-state index contributed by atoms with van der Waals surface area (Å²) in [7, 11) is 0. The summed E-state index contributed by atoms with van der Waals surface area (Å²) < 4.78 is 0. The molecular formula is C25H31ClN8OS. The highest BCUT2D eigenvalue weighted by Gasteiger charge is 2.26. The zero-order valence-electron chi connectivity index (χ0n) is 20.6. The van der Waals surface area contributed by atoms with Crippen LogP contribution in [0.25, 0.3) is 0 Å². The highest BCUT2D eigenvalue weighted by Crippen LogP contribution is 2.28. The Morgan fingerprint density at radius 3 is 2.67 bits per heavy atom. The Morgan fingerprint density at radius 2 is 1.92 bits per heavy atom. The van der Waals surface area contributed by atoms with E-state index < -0.39 is 0 Å². The van der Waals surface area contributed by atoms with Crippen molar-refractivity contribution in [2.24, 2.45) is 0 Å². The molecule has 0 atom stereocenters. The Morgan fingerprint density at radius 1 is 1.14 bits per heavy atom. The average Bonchev–Trinajstić information content (AvgIpc) is 3.35. The number of carbonyl (C=O) groups excluding carboxylic acids is 1. The number of piperazine rings is 1. The van der Waals surface area contributed by atoms with E-state index in [0.717, 1.165) is 50.6 Å². The molecule has 3 N–H and O–H groups in total. The Hall–Kier alpha value is -2.79. The average molecular weight is 527 g/mol. The lowest BCUT2D eigenvalue weighted by molar-refractivity contribution is 0.103. The number of amides is 1. The van der Waals surface area contributed by atoms with Gasteiger partial charge in [0.05, 0.1) is 16.9 Å². The van der Waals surface area contributed by atoms with Gasteiger partial charge in [0.25, 0.3) is 5.91 Å². The van der Waals surface area contributed by atoms with Crippen LogP contribution in [-0.2, 0) is 0 Å². The first kappa shape index (κ1) is 24.9. The third-order valence-electron chi connectivity index (χ3n) is 6.71. The van der Waals surface area contributed by atoms with E-state index in [9.17, 15) is 4.79 Å². The van der Waals surface area contributed by atoms with Gasteiger partial charge < -0.3 is 20.9 Å². The van der Waals surface area contributed by atoms with E-state index in [1.807, 2.05) is 32.0 Å². The van der Waals surface area contributed by atoms with Gasteiger partial charge in [-0.05, 0) is 51.4 Å². The molecule has 0 aliphatic carbocycles. The molecule has 0 saturated carbocycles. The fraction of sp³-hybridized carbons (Fsp3) is 0.440. The van der Waals surface area contributed by atoms with Crippen molar-refractivity contribution in [1.82, 2.24) is 25.2 Å². The molecule has 0 bridgehead atoms. The van der Waals surface area contributed by atoms with Gasteiger partial charge in [-0.2, -0.15) is 0 Å². The third kappa shape index (κ3) is 5.78. The lowest BCUT2D eigenvalue weighted by Crippen LogP contribution is -2.53. The van der Waals surface area contributed by atoms with Crippen molar-refractivity contribution in [3.8, 4) is 0 Å². The number of hydrogen-bond donors (Lipinski definition) is 3. The highest BCUT2D eigenvalue weighted by atomic mass is 35.5. The van der Waals surface area contributed by atoms with Gasteiger partial charge in [-0.1, -0.05) is 35.1 Å². The highest BCUT2D eigenvalue weighted by molar-refractivity contribution is 7.17. The van der Waals surface area contributed by atoms with Crippen LogP contribution in [0.3, 0.4) is 0 Å². The zero-order chi connectivity index (χ0) is 25.1. The van der Waals surface area contributed by atoms with Gasteiger partial charge >= 0.3 is 0 Å². The van der Waals surface area contributed by atoms with Crippen molar-refractivity contribution >= 4 is 51.3 Å². The molecule has 1 aromatic carbocycles. The first-order valence-corrected chi connectivity index (χ1v) is 13.5. The molecule has 0 unspecified atom stereocenters. The van der Waals surface area contributed by atoms with Gasteiger partial charge in [0.1, 0.15) is 22.3 Å². The van der Waals surface area contributed by atoms with Crippen LogP contribution in [-0.4, -0.2) is 71.1 Å². The number of rotatable bonds is 6. The van der Waals surface area contributed by atoms with E-state index in [4.69, 9.17) is 11.6 Å². The van der Waals surface area contributed by atoms with Crippen LogP contribution in [0.5, 0.6) is 0 Å². The van der Waals surface area contributed by atoms with Crippen LogP contribution in [0, 0.1) is 13.8 Å². The Kier molecular flexibility index (Phi) is 7.66. The standard InChI is InChI=1S/C25H31ClN8OS/c1-16-4-3-5-19(26)23(16)32-24(35)20-15-28-25(36-20)31-21-14-22(30-17(2)29-21)34-12-10-33(11-13-34)18-6-8-27-9-7-18/h3-5,14-15,18,27H,6-13H2,1-2H3,(H,32,35)(H,28,29,30,31). The number of thiazole rings is 1. The summed E-state index contributed by atoms with van der Waals surface area (Å²) in [5.74, 6) is 2.03. The first-order chi connectivity index (χ1) is 17.5. The molecule has 0 spiro atoms. The van der Waals surface area contributed by atoms with E-state index in [0.29, 0.717) is 38.4 Å². The molecule has 1 amide bonds. The molecule has 2 fully saturated rings. The van der Waals surface area contributed by atoms with Crippen molar-refractivity contribution in [3.63, 3.8) is 0 Å². The quantitative estimate of drug-likeness (QED) is 0.442. The number of nitrogens with one attached hydrogen (secondary N) is 3. The predicted molar refractivity (Wildman–Crippen MR) is 146 cm³/mol. The normalized spacial score (nSPS) is 17.2. The zero-order valence-corrected chi connectivity index (χ0v) is 22.1. The van der Waals surface area contributed by atoms with Gasteiger partial charge in [0.15, 0.2) is 5.13 Å². The van der Waals surface area contributed by atoms with Crippen molar-refractivity contribution < 1.29 is 4.79 Å². The maximum absolute atomic E-state index is 12.8. The molecule has 5 rings (SSSR count). The van der Waals surface area contributed by atoms with Gasteiger partial charge in [0, 0.05) is 38.3 Å². The number of benzene rings is 1. The molecule has 11 heteroatoms. The Labute approximate surface area is 220 Å². The summed E-state index contributed by atoms with van der Waals surface area (Å²) in [6, 6.07) is 8.17. The third-order valence-corrected chi connectivity index (χ3v) is 7.94. The van der Waals surface area contributed by atoms with E-state index in [2.05, 4.69) is 40.7 Å². The van der Waals surface area contributed by atoms with E-state index in [1.54, 1.807) is 12.3 Å². The van der Waals surface area contributed by atoms with Crippen molar-refractivity contribution in [2.75, 3.05) is 54.8 Å². The summed E-state index contributed by atoms with van der Waals surface area (Å²) in [5, 5.41) is 10.7. The monoisotopic (exact) mass is 526 g/mol. The SMILES string of the molecule is Cc1nc(Nc2ncc(C(=O)Nc3c(C)cccc3Cl)s2)cc(N2CCN(C3CCNCC3)CC2)n1. The van der Waals surface area contributed by atoms with Crippen LogP contribution >= 0.6 is 22.9 Å². The van der Waals surface area contributed by atoms with E-state index in [1.165, 1.54) is 24.2 Å². The number of para-hydroxylation sites is 1. The smallest absolute Gasteiger partial charge is 0.267 e. The molecule has 2 aromatic heterocycles. The fourth-order valence-electron chi connectivity index (χ4n) is 4.78. The lowest BCUT2D eigenvalue weighted by atomic mass is 10.0. The molecule has 4 heterocycles. The number of aryl methyl sites for hydroxylation is 2. The van der Waals surface area contributed by atoms with Crippen molar-refractivity contribution in [3.05, 3.63) is 51.7 Å². The molecule has 2 aliphatic rings. The van der Waals surface area contributed by atoms with Gasteiger partial charge in [-0.25, -0.2) is 15.0 Å². The largest absolute Gasteiger partial charge is 0.354 e. The first-order valence-electron chi connectivity index (χ1n) is 12.3. The molecule has 9 nitrogen and oxygen atoms in total. The molecule has 190 valence electrons. The number of halogens is 1. The second-order valence-electron chi connectivity index (χ2n) is 9.20. The molecular weight excluding hydrogens is 496 g/mol. The summed E-state index contributed by atoms with van der Waals surface area (Å²) in [6.45, 7) is 10.0. The molecule has 3 aromatic rings. The number of nitrogens with zero attached hydrogens (tertiary/aromatic N) is 5. The van der Waals surface area contributed by atoms with Crippen molar-refractivity contribution in [1.29, 1.82) is 0 Å². The number of anilines is 4. The summed E-state index contributed by atoms with van der Waals surface area (Å²) >= 11 is 7.52. The molecule has 2 aliphatic heterocycles. The topological polar surface area (TPSA) is 98.3 Å². The van der Waals surface area contributed by atoms with Gasteiger partial charge in [0.2, 0.25) is 0 Å². The maximum atomic E-state index is 12.8. The fourth-order valence-corrected chi connectivity index (χ4v) is 5.77. The second kappa shape index (κ2) is 11.1. The maximum Gasteiger partial charge on any atom is 0.267 e. The Balaban J connectivity index is 1.22. The second-order valence-corrected chi connectivity index (χ2v) is 10.6. The van der Waals surface area contributed by atoms with Gasteiger partial charge in [-0.3, -0.25) is 9.69 Å².